The topological polar surface area (TPSA) is 30.5 Å². The van der Waals surface area contributed by atoms with E-state index in [1.165, 1.54) is 5.57 Å². The van der Waals surface area contributed by atoms with Gasteiger partial charge in [-0.25, -0.2) is 0 Å². The Bertz CT molecular complexity index is 242. The lowest BCUT2D eigenvalue weighted by molar-refractivity contribution is -0.0980. The molecule has 0 radical (unpaired) electrons. The summed E-state index contributed by atoms with van der Waals surface area (Å²) >= 11 is 0. The van der Waals surface area contributed by atoms with Crippen LogP contribution in [-0.4, -0.2) is 38.0 Å². The van der Waals surface area contributed by atoms with Gasteiger partial charge in [0.2, 0.25) is 0 Å². The standard InChI is InChI=1S/C13H23NO2/c1-10-7-13(8-11(2)16-10)15-9-12-3-5-14-6-4-12/h3,10-11,13-14H,4-9H2,1-2H3. The van der Waals surface area contributed by atoms with Crippen molar-refractivity contribution in [3.63, 3.8) is 0 Å². The van der Waals surface area contributed by atoms with Crippen LogP contribution in [0.2, 0.25) is 0 Å². The first kappa shape index (κ1) is 12.1. The largest absolute Gasteiger partial charge is 0.375 e. The minimum absolute atomic E-state index is 0.343. The summed E-state index contributed by atoms with van der Waals surface area (Å²) in [6.45, 7) is 7.17. The molecule has 1 saturated heterocycles. The van der Waals surface area contributed by atoms with E-state index in [1.54, 1.807) is 0 Å². The average Bonchev–Trinajstić information content (AvgIpc) is 2.27. The molecule has 0 aliphatic carbocycles. The zero-order chi connectivity index (χ0) is 11.4. The lowest BCUT2D eigenvalue weighted by atomic mass is 10.0. The van der Waals surface area contributed by atoms with Gasteiger partial charge in [0.05, 0.1) is 24.9 Å². The summed E-state index contributed by atoms with van der Waals surface area (Å²) in [7, 11) is 0. The summed E-state index contributed by atoms with van der Waals surface area (Å²) in [4.78, 5) is 0. The molecule has 1 N–H and O–H groups in total. The molecule has 0 aromatic carbocycles. The molecule has 92 valence electrons. The van der Waals surface area contributed by atoms with Crippen LogP contribution in [0.1, 0.15) is 33.1 Å². The zero-order valence-corrected chi connectivity index (χ0v) is 10.4. The molecule has 16 heavy (non-hydrogen) atoms. The Morgan fingerprint density at radius 3 is 2.75 bits per heavy atom. The fourth-order valence-electron chi connectivity index (χ4n) is 2.51. The highest BCUT2D eigenvalue weighted by Crippen LogP contribution is 2.22. The van der Waals surface area contributed by atoms with Crippen LogP contribution in [0.15, 0.2) is 11.6 Å². The Morgan fingerprint density at radius 1 is 1.38 bits per heavy atom. The first-order valence-electron chi connectivity index (χ1n) is 6.39. The third-order valence-corrected chi connectivity index (χ3v) is 3.32. The quantitative estimate of drug-likeness (QED) is 0.744. The first-order valence-corrected chi connectivity index (χ1v) is 6.39. The highest BCUT2D eigenvalue weighted by molar-refractivity contribution is 5.07. The third-order valence-electron chi connectivity index (χ3n) is 3.32. The fourth-order valence-corrected chi connectivity index (χ4v) is 2.51. The molecule has 0 aromatic rings. The summed E-state index contributed by atoms with van der Waals surface area (Å²) in [6.07, 6.45) is 6.54. The van der Waals surface area contributed by atoms with Crippen molar-refractivity contribution in [1.29, 1.82) is 0 Å². The smallest absolute Gasteiger partial charge is 0.0681 e. The maximum Gasteiger partial charge on any atom is 0.0681 e. The lowest BCUT2D eigenvalue weighted by Gasteiger charge is -2.32. The monoisotopic (exact) mass is 225 g/mol. The van der Waals surface area contributed by atoms with Gasteiger partial charge in [0.1, 0.15) is 0 Å². The number of nitrogens with one attached hydrogen (secondary N) is 1. The van der Waals surface area contributed by atoms with Gasteiger partial charge in [-0.15, -0.1) is 0 Å². The SMILES string of the molecule is CC1CC(OCC2=CCNCC2)CC(C)O1. The van der Waals surface area contributed by atoms with Gasteiger partial charge in [-0.05, 0) is 45.2 Å². The number of rotatable bonds is 3. The molecule has 0 saturated carbocycles. The number of ether oxygens (including phenoxy) is 2. The molecule has 0 aromatic heterocycles. The van der Waals surface area contributed by atoms with Crippen molar-refractivity contribution >= 4 is 0 Å². The van der Waals surface area contributed by atoms with Crippen LogP contribution in [0.5, 0.6) is 0 Å². The Kier molecular flexibility index (Phi) is 4.38. The summed E-state index contributed by atoms with van der Waals surface area (Å²) in [6, 6.07) is 0. The molecule has 2 aliphatic heterocycles. The van der Waals surface area contributed by atoms with Crippen LogP contribution < -0.4 is 5.32 Å². The van der Waals surface area contributed by atoms with E-state index in [-0.39, 0.29) is 0 Å². The van der Waals surface area contributed by atoms with Crippen LogP contribution in [0.4, 0.5) is 0 Å². The van der Waals surface area contributed by atoms with E-state index in [2.05, 4.69) is 25.2 Å². The Labute approximate surface area is 98.2 Å². The van der Waals surface area contributed by atoms with Crippen LogP contribution in [0.3, 0.4) is 0 Å². The second kappa shape index (κ2) is 5.80. The van der Waals surface area contributed by atoms with Crippen molar-refractivity contribution < 1.29 is 9.47 Å². The average molecular weight is 225 g/mol. The molecule has 2 aliphatic rings. The summed E-state index contributed by atoms with van der Waals surface area (Å²) in [5.41, 5.74) is 1.45. The van der Waals surface area contributed by atoms with Crippen LogP contribution in [-0.2, 0) is 9.47 Å². The normalized spacial score (nSPS) is 35.9. The molecule has 0 spiro atoms. The van der Waals surface area contributed by atoms with Crippen molar-refractivity contribution in [3.05, 3.63) is 11.6 Å². The van der Waals surface area contributed by atoms with Crippen molar-refractivity contribution in [2.45, 2.75) is 51.4 Å². The van der Waals surface area contributed by atoms with E-state index >= 15 is 0 Å². The van der Waals surface area contributed by atoms with Crippen LogP contribution >= 0.6 is 0 Å². The lowest BCUT2D eigenvalue weighted by Crippen LogP contribution is -2.34. The molecular weight excluding hydrogens is 202 g/mol. The second-order valence-corrected chi connectivity index (χ2v) is 4.98. The minimum atomic E-state index is 0.343. The Morgan fingerprint density at radius 2 is 2.12 bits per heavy atom. The predicted octanol–water partition coefficient (Wildman–Crippen LogP) is 1.88. The highest BCUT2D eigenvalue weighted by Gasteiger charge is 2.25. The molecule has 3 heteroatoms. The molecule has 2 heterocycles. The van der Waals surface area contributed by atoms with Crippen molar-refractivity contribution in [2.75, 3.05) is 19.7 Å². The van der Waals surface area contributed by atoms with Crippen LogP contribution in [0.25, 0.3) is 0 Å². The van der Waals surface area contributed by atoms with Gasteiger partial charge in [0.25, 0.3) is 0 Å². The molecule has 0 amide bonds. The van der Waals surface area contributed by atoms with Gasteiger partial charge in [-0.3, -0.25) is 0 Å². The van der Waals surface area contributed by atoms with Gasteiger partial charge in [-0.1, -0.05) is 6.08 Å². The molecule has 3 nitrogen and oxygen atoms in total. The molecule has 2 unspecified atom stereocenters. The van der Waals surface area contributed by atoms with Gasteiger partial charge >= 0.3 is 0 Å². The summed E-state index contributed by atoms with van der Waals surface area (Å²) in [5.74, 6) is 0. The molecular formula is C13H23NO2. The van der Waals surface area contributed by atoms with Crippen molar-refractivity contribution in [3.8, 4) is 0 Å². The molecule has 1 fully saturated rings. The van der Waals surface area contributed by atoms with Gasteiger partial charge in [0.15, 0.2) is 0 Å². The van der Waals surface area contributed by atoms with E-state index in [4.69, 9.17) is 9.47 Å². The van der Waals surface area contributed by atoms with Gasteiger partial charge in [0, 0.05) is 6.54 Å². The maximum absolute atomic E-state index is 5.99. The number of hydrogen-bond acceptors (Lipinski definition) is 3. The van der Waals surface area contributed by atoms with Gasteiger partial charge < -0.3 is 14.8 Å². The molecule has 2 rings (SSSR count). The van der Waals surface area contributed by atoms with Crippen molar-refractivity contribution in [1.82, 2.24) is 5.32 Å². The van der Waals surface area contributed by atoms with Gasteiger partial charge in [-0.2, -0.15) is 0 Å². The summed E-state index contributed by atoms with van der Waals surface area (Å²) < 4.78 is 11.7. The third kappa shape index (κ3) is 3.58. The zero-order valence-electron chi connectivity index (χ0n) is 10.4. The fraction of sp³-hybridized carbons (Fsp3) is 0.846. The van der Waals surface area contributed by atoms with E-state index in [9.17, 15) is 0 Å². The van der Waals surface area contributed by atoms with E-state index in [0.717, 1.165) is 39.0 Å². The maximum atomic E-state index is 5.99. The van der Waals surface area contributed by atoms with E-state index < -0.39 is 0 Å². The van der Waals surface area contributed by atoms with E-state index in [0.29, 0.717) is 18.3 Å². The first-order chi connectivity index (χ1) is 7.74. The minimum Gasteiger partial charge on any atom is -0.375 e. The number of hydrogen-bond donors (Lipinski definition) is 1. The Balaban J connectivity index is 1.74. The highest BCUT2D eigenvalue weighted by atomic mass is 16.5. The van der Waals surface area contributed by atoms with Crippen LogP contribution in [0, 0.1) is 0 Å². The van der Waals surface area contributed by atoms with E-state index in [1.807, 2.05) is 0 Å². The second-order valence-electron chi connectivity index (χ2n) is 4.98. The summed E-state index contributed by atoms with van der Waals surface area (Å²) in [5, 5.41) is 3.31. The Hall–Kier alpha value is -0.380. The molecule has 0 bridgehead atoms. The van der Waals surface area contributed by atoms with Crippen molar-refractivity contribution in [2.24, 2.45) is 0 Å². The molecule has 2 atom stereocenters. The predicted molar refractivity (Wildman–Crippen MR) is 64.6 cm³/mol.